The van der Waals surface area contributed by atoms with Crippen molar-refractivity contribution in [2.75, 3.05) is 0 Å². The number of fused-ring (bicyclic) bond motifs is 4. The first-order valence-electron chi connectivity index (χ1n) is 10.1. The number of hydrazone groups is 1. The summed E-state index contributed by atoms with van der Waals surface area (Å²) in [4.78, 5) is 13.3. The van der Waals surface area contributed by atoms with Gasteiger partial charge in [-0.2, -0.15) is 5.10 Å². The number of hydrogen-bond donors (Lipinski definition) is 0. The van der Waals surface area contributed by atoms with Gasteiger partial charge in [0.1, 0.15) is 23.4 Å². The molecule has 0 radical (unpaired) electrons. The fraction of sp³-hybridized carbons (Fsp3) is 0.120. The molecular formula is C25H17FN2O3. The maximum absolute atomic E-state index is 13.8. The lowest BCUT2D eigenvalue weighted by atomic mass is 9.96. The van der Waals surface area contributed by atoms with Crippen LogP contribution in [0.1, 0.15) is 35.4 Å². The van der Waals surface area contributed by atoms with E-state index in [9.17, 15) is 9.18 Å². The second kappa shape index (κ2) is 6.80. The minimum Gasteiger partial charge on any atom is -0.464 e. The highest BCUT2D eigenvalue weighted by molar-refractivity contribution is 6.01. The van der Waals surface area contributed by atoms with E-state index in [0.717, 1.165) is 16.8 Å². The summed E-state index contributed by atoms with van der Waals surface area (Å²) >= 11 is 0. The monoisotopic (exact) mass is 412 g/mol. The Morgan fingerprint density at radius 3 is 2.65 bits per heavy atom. The lowest BCUT2D eigenvalue weighted by molar-refractivity contribution is -0.0205. The summed E-state index contributed by atoms with van der Waals surface area (Å²) in [5, 5.41) is 6.85. The smallest absolute Gasteiger partial charge is 0.220 e. The van der Waals surface area contributed by atoms with E-state index in [2.05, 4.69) is 0 Å². The standard InChI is InChI=1S/C25H17FN2O3/c26-16-10-11-22-18(12-16)24(29)19(14-30-22)25-28-21(17-8-4-5-9-23(17)31-25)13-20(27-28)15-6-2-1-3-7-15/h1-12,14,21,25H,13H2/t21-,25+/m1/s1. The first-order valence-corrected chi connectivity index (χ1v) is 10.1. The van der Waals surface area contributed by atoms with Gasteiger partial charge >= 0.3 is 0 Å². The van der Waals surface area contributed by atoms with E-state index in [4.69, 9.17) is 14.3 Å². The predicted octanol–water partition coefficient (Wildman–Crippen LogP) is 5.17. The van der Waals surface area contributed by atoms with Gasteiger partial charge in [0.25, 0.3) is 0 Å². The Labute approximate surface area is 177 Å². The third kappa shape index (κ3) is 2.83. The Hall–Kier alpha value is -3.93. The zero-order chi connectivity index (χ0) is 20.9. The molecule has 0 amide bonds. The van der Waals surface area contributed by atoms with Gasteiger partial charge in [0.2, 0.25) is 11.7 Å². The van der Waals surface area contributed by atoms with Crippen LogP contribution in [0.3, 0.4) is 0 Å². The molecule has 4 aromatic rings. The molecule has 31 heavy (non-hydrogen) atoms. The molecule has 0 unspecified atom stereocenters. The summed E-state index contributed by atoms with van der Waals surface area (Å²) < 4.78 is 25.7. The van der Waals surface area contributed by atoms with Crippen molar-refractivity contribution in [3.8, 4) is 5.75 Å². The number of halogens is 1. The minimum atomic E-state index is -0.773. The molecule has 0 fully saturated rings. The first-order chi connectivity index (χ1) is 15.2. The summed E-state index contributed by atoms with van der Waals surface area (Å²) in [6, 6.07) is 21.6. The lowest BCUT2D eigenvalue weighted by Gasteiger charge is -2.37. The van der Waals surface area contributed by atoms with Crippen molar-refractivity contribution in [3.05, 3.63) is 112 Å². The highest BCUT2D eigenvalue weighted by atomic mass is 19.1. The van der Waals surface area contributed by atoms with E-state index in [1.165, 1.54) is 24.5 Å². The van der Waals surface area contributed by atoms with Gasteiger partial charge in [0.15, 0.2) is 0 Å². The molecule has 0 aliphatic carbocycles. The molecule has 0 spiro atoms. The fourth-order valence-electron chi connectivity index (χ4n) is 4.33. The summed E-state index contributed by atoms with van der Waals surface area (Å²) in [7, 11) is 0. The number of hydrogen-bond acceptors (Lipinski definition) is 5. The molecule has 6 rings (SSSR count). The van der Waals surface area contributed by atoms with Gasteiger partial charge in [-0.25, -0.2) is 9.40 Å². The summed E-state index contributed by atoms with van der Waals surface area (Å²) in [6.07, 6.45) is 1.31. The van der Waals surface area contributed by atoms with E-state index in [0.29, 0.717) is 17.8 Å². The van der Waals surface area contributed by atoms with Crippen LogP contribution in [0.2, 0.25) is 0 Å². The Morgan fingerprint density at radius 2 is 1.77 bits per heavy atom. The first kappa shape index (κ1) is 17.9. The summed E-state index contributed by atoms with van der Waals surface area (Å²) in [5.74, 6) is 0.215. The van der Waals surface area contributed by atoms with Gasteiger partial charge in [0, 0.05) is 12.0 Å². The zero-order valence-electron chi connectivity index (χ0n) is 16.4. The summed E-state index contributed by atoms with van der Waals surface area (Å²) in [5.41, 5.74) is 3.26. The van der Waals surface area contributed by atoms with E-state index in [1.807, 2.05) is 59.6 Å². The predicted molar refractivity (Wildman–Crippen MR) is 114 cm³/mol. The quantitative estimate of drug-likeness (QED) is 0.456. The van der Waals surface area contributed by atoms with Gasteiger partial charge in [-0.15, -0.1) is 0 Å². The zero-order valence-corrected chi connectivity index (χ0v) is 16.4. The van der Waals surface area contributed by atoms with Gasteiger partial charge in [-0.1, -0.05) is 48.5 Å². The third-order valence-corrected chi connectivity index (χ3v) is 5.83. The molecule has 5 nitrogen and oxygen atoms in total. The second-order valence-corrected chi connectivity index (χ2v) is 7.68. The van der Waals surface area contributed by atoms with Gasteiger partial charge in [-0.05, 0) is 29.8 Å². The molecule has 2 atom stereocenters. The van der Waals surface area contributed by atoms with E-state index >= 15 is 0 Å². The third-order valence-electron chi connectivity index (χ3n) is 5.83. The molecule has 1 aromatic heterocycles. The molecule has 3 heterocycles. The number of rotatable bonds is 2. The molecule has 0 saturated heterocycles. The molecular weight excluding hydrogens is 395 g/mol. The van der Waals surface area contributed by atoms with Crippen molar-refractivity contribution in [1.29, 1.82) is 0 Å². The largest absolute Gasteiger partial charge is 0.464 e. The molecule has 152 valence electrons. The van der Waals surface area contributed by atoms with Crippen molar-refractivity contribution >= 4 is 16.7 Å². The van der Waals surface area contributed by atoms with Crippen LogP contribution in [0.4, 0.5) is 4.39 Å². The molecule has 6 heteroatoms. The van der Waals surface area contributed by atoms with Crippen LogP contribution >= 0.6 is 0 Å². The maximum Gasteiger partial charge on any atom is 0.220 e. The van der Waals surface area contributed by atoms with Crippen LogP contribution < -0.4 is 10.2 Å². The SMILES string of the molecule is O=c1c([C@@H]2Oc3ccccc3[C@H]3CC(c4ccccc4)=NN32)coc2ccc(F)cc12. The van der Waals surface area contributed by atoms with Crippen LogP contribution in [-0.4, -0.2) is 10.7 Å². The van der Waals surface area contributed by atoms with Gasteiger partial charge in [0.05, 0.1) is 22.7 Å². The van der Waals surface area contributed by atoms with E-state index in [1.54, 1.807) is 0 Å². The van der Waals surface area contributed by atoms with Crippen molar-refractivity contribution in [2.24, 2.45) is 5.10 Å². The molecule has 2 aliphatic rings. The molecule has 2 aliphatic heterocycles. The number of nitrogens with zero attached hydrogens (tertiary/aromatic N) is 2. The topological polar surface area (TPSA) is 55.0 Å². The van der Waals surface area contributed by atoms with Crippen LogP contribution in [0.25, 0.3) is 11.0 Å². The Bertz CT molecular complexity index is 1400. The van der Waals surface area contributed by atoms with Crippen LogP contribution in [-0.2, 0) is 0 Å². The van der Waals surface area contributed by atoms with E-state index in [-0.39, 0.29) is 22.4 Å². The number of ether oxygens (including phenoxy) is 1. The summed E-state index contributed by atoms with van der Waals surface area (Å²) in [6.45, 7) is 0. The van der Waals surface area contributed by atoms with E-state index < -0.39 is 12.0 Å². The highest BCUT2D eigenvalue weighted by Gasteiger charge is 2.42. The Morgan fingerprint density at radius 1 is 0.968 bits per heavy atom. The van der Waals surface area contributed by atoms with Crippen LogP contribution in [0.5, 0.6) is 5.75 Å². The van der Waals surface area contributed by atoms with Crippen LogP contribution in [0, 0.1) is 5.82 Å². The van der Waals surface area contributed by atoms with Crippen molar-refractivity contribution in [1.82, 2.24) is 5.01 Å². The number of benzene rings is 3. The average molecular weight is 412 g/mol. The Balaban J connectivity index is 1.52. The van der Waals surface area contributed by atoms with Crippen molar-refractivity contribution < 1.29 is 13.5 Å². The maximum atomic E-state index is 13.8. The normalized spacial score (nSPS) is 19.5. The van der Waals surface area contributed by atoms with Gasteiger partial charge < -0.3 is 9.15 Å². The van der Waals surface area contributed by atoms with Gasteiger partial charge in [-0.3, -0.25) is 4.79 Å². The molecule has 0 bridgehead atoms. The lowest BCUT2D eigenvalue weighted by Crippen LogP contribution is -2.36. The van der Waals surface area contributed by atoms with Crippen LogP contribution in [0.15, 0.2) is 93.4 Å². The molecule has 3 aromatic carbocycles. The van der Waals surface area contributed by atoms with Crippen molar-refractivity contribution in [3.63, 3.8) is 0 Å². The second-order valence-electron chi connectivity index (χ2n) is 7.68. The molecule has 0 saturated carbocycles. The molecule has 0 N–H and O–H groups in total. The number of para-hydroxylation sites is 1. The van der Waals surface area contributed by atoms with Crippen molar-refractivity contribution in [2.45, 2.75) is 18.7 Å². The minimum absolute atomic E-state index is 0.0761. The Kier molecular flexibility index (Phi) is 3.93. The highest BCUT2D eigenvalue weighted by Crippen LogP contribution is 2.47. The average Bonchev–Trinajstić information content (AvgIpc) is 3.26. The fourth-order valence-corrected chi connectivity index (χ4v) is 4.33.